The first-order valence-electron chi connectivity index (χ1n) is 6.66. The molecule has 2 aromatic carbocycles. The molecule has 0 bridgehead atoms. The number of halogens is 1. The third kappa shape index (κ3) is 2.32. The van der Waals surface area contributed by atoms with Crippen LogP contribution in [0.15, 0.2) is 36.4 Å². The summed E-state index contributed by atoms with van der Waals surface area (Å²) < 4.78 is 13.5. The lowest BCUT2D eigenvalue weighted by atomic mass is 10.0. The van der Waals surface area contributed by atoms with Crippen molar-refractivity contribution in [3.05, 3.63) is 58.9 Å². The molecule has 1 heterocycles. The number of nitrogens with two attached hydrogens (primary N) is 1. The molecule has 0 atom stereocenters. The normalized spacial score (nSPS) is 11.0. The van der Waals surface area contributed by atoms with Crippen LogP contribution < -0.4 is 5.73 Å². The third-order valence-corrected chi connectivity index (χ3v) is 4.01. The molecule has 21 heavy (non-hydrogen) atoms. The number of hydrogen-bond donors (Lipinski definition) is 2. The van der Waals surface area contributed by atoms with Crippen LogP contribution in [-0.2, 0) is 0 Å². The van der Waals surface area contributed by atoms with E-state index in [1.807, 2.05) is 6.07 Å². The van der Waals surface area contributed by atoms with Crippen molar-refractivity contribution in [2.24, 2.45) is 5.73 Å². The fraction of sp³-hybridized carbons (Fsp3) is 0.118. The van der Waals surface area contributed by atoms with E-state index >= 15 is 0 Å². The van der Waals surface area contributed by atoms with Crippen LogP contribution in [-0.4, -0.2) is 9.97 Å². The number of aromatic amines is 1. The van der Waals surface area contributed by atoms with Gasteiger partial charge < -0.3 is 10.7 Å². The molecular formula is C17H15FN2S. The van der Waals surface area contributed by atoms with Crippen LogP contribution in [0.5, 0.6) is 0 Å². The van der Waals surface area contributed by atoms with Gasteiger partial charge in [0.15, 0.2) is 0 Å². The molecule has 0 spiro atoms. The van der Waals surface area contributed by atoms with E-state index in [9.17, 15) is 4.39 Å². The Kier molecular flexibility index (Phi) is 3.26. The fourth-order valence-corrected chi connectivity index (χ4v) is 2.75. The Hall–Kier alpha value is -2.20. The van der Waals surface area contributed by atoms with Gasteiger partial charge in [-0.25, -0.2) is 4.39 Å². The van der Waals surface area contributed by atoms with E-state index in [0.29, 0.717) is 5.56 Å². The van der Waals surface area contributed by atoms with Crippen LogP contribution in [0.4, 0.5) is 4.39 Å². The summed E-state index contributed by atoms with van der Waals surface area (Å²) in [4.78, 5) is 3.57. The van der Waals surface area contributed by atoms with Gasteiger partial charge in [-0.2, -0.15) is 0 Å². The Balaban J connectivity index is 2.33. The van der Waals surface area contributed by atoms with Crippen molar-refractivity contribution >= 4 is 28.1 Å². The number of hydrogen-bond acceptors (Lipinski definition) is 1. The number of benzene rings is 2. The highest BCUT2D eigenvalue weighted by Crippen LogP contribution is 2.31. The first kappa shape index (κ1) is 13.8. The van der Waals surface area contributed by atoms with Crippen molar-refractivity contribution in [2.45, 2.75) is 13.8 Å². The maximum atomic E-state index is 13.5. The Labute approximate surface area is 127 Å². The minimum Gasteiger partial charge on any atom is -0.389 e. The third-order valence-electron chi connectivity index (χ3n) is 3.80. The summed E-state index contributed by atoms with van der Waals surface area (Å²) in [5, 5.41) is 0.718. The molecule has 0 radical (unpaired) electrons. The Morgan fingerprint density at radius 3 is 2.52 bits per heavy atom. The molecular weight excluding hydrogens is 283 g/mol. The van der Waals surface area contributed by atoms with Crippen LogP contribution in [0.25, 0.3) is 22.2 Å². The molecule has 3 N–H and O–H groups in total. The molecule has 106 valence electrons. The van der Waals surface area contributed by atoms with Crippen molar-refractivity contribution in [1.29, 1.82) is 0 Å². The van der Waals surface area contributed by atoms with Gasteiger partial charge in [0, 0.05) is 16.5 Å². The molecule has 4 heteroatoms. The second kappa shape index (κ2) is 4.97. The van der Waals surface area contributed by atoms with E-state index < -0.39 is 0 Å². The molecule has 0 aliphatic rings. The first-order valence-corrected chi connectivity index (χ1v) is 7.07. The standard InChI is InChI=1S/C17H15FN2S/c1-9-3-4-11(7-10(9)2)16-15(17(19)21)13-8-12(18)5-6-14(13)20-16/h3-8,20H,1-2H3,(H2,19,21). The van der Waals surface area contributed by atoms with E-state index in [2.05, 4.69) is 31.0 Å². The van der Waals surface area contributed by atoms with Gasteiger partial charge in [-0.1, -0.05) is 24.4 Å². The van der Waals surface area contributed by atoms with E-state index in [0.717, 1.165) is 22.2 Å². The van der Waals surface area contributed by atoms with Crippen LogP contribution in [0.2, 0.25) is 0 Å². The molecule has 3 aromatic rings. The highest BCUT2D eigenvalue weighted by molar-refractivity contribution is 7.80. The van der Waals surface area contributed by atoms with E-state index in [1.54, 1.807) is 6.07 Å². The van der Waals surface area contributed by atoms with Crippen LogP contribution >= 0.6 is 12.2 Å². The first-order chi connectivity index (χ1) is 9.97. The van der Waals surface area contributed by atoms with Crippen LogP contribution in [0.3, 0.4) is 0 Å². The van der Waals surface area contributed by atoms with Gasteiger partial charge >= 0.3 is 0 Å². The van der Waals surface area contributed by atoms with Gasteiger partial charge in [-0.3, -0.25) is 0 Å². The predicted molar refractivity (Wildman–Crippen MR) is 89.1 cm³/mol. The molecule has 0 unspecified atom stereocenters. The minimum absolute atomic E-state index is 0.264. The summed E-state index contributed by atoms with van der Waals surface area (Å²) in [7, 11) is 0. The zero-order valence-electron chi connectivity index (χ0n) is 11.8. The lowest BCUT2D eigenvalue weighted by Crippen LogP contribution is -2.10. The summed E-state index contributed by atoms with van der Waals surface area (Å²) in [6, 6.07) is 10.7. The largest absolute Gasteiger partial charge is 0.389 e. The zero-order valence-corrected chi connectivity index (χ0v) is 12.6. The highest BCUT2D eigenvalue weighted by Gasteiger charge is 2.16. The van der Waals surface area contributed by atoms with Crippen molar-refractivity contribution in [3.63, 3.8) is 0 Å². The monoisotopic (exact) mass is 298 g/mol. The Morgan fingerprint density at radius 1 is 1.10 bits per heavy atom. The van der Waals surface area contributed by atoms with Crippen molar-refractivity contribution in [2.75, 3.05) is 0 Å². The second-order valence-corrected chi connectivity index (χ2v) is 5.67. The number of fused-ring (bicyclic) bond motifs is 1. The number of nitrogens with one attached hydrogen (secondary N) is 1. The average molecular weight is 298 g/mol. The molecule has 0 aliphatic carbocycles. The molecule has 0 aliphatic heterocycles. The summed E-state index contributed by atoms with van der Waals surface area (Å²) >= 11 is 5.17. The minimum atomic E-state index is -0.300. The number of aryl methyl sites for hydroxylation is 2. The lowest BCUT2D eigenvalue weighted by molar-refractivity contribution is 0.629. The molecule has 1 aromatic heterocycles. The van der Waals surface area contributed by atoms with Crippen LogP contribution in [0, 0.1) is 19.7 Å². The van der Waals surface area contributed by atoms with Crippen molar-refractivity contribution in [3.8, 4) is 11.3 Å². The molecule has 0 saturated carbocycles. The van der Waals surface area contributed by atoms with Crippen LogP contribution in [0.1, 0.15) is 16.7 Å². The maximum Gasteiger partial charge on any atom is 0.123 e. The molecule has 0 fully saturated rings. The number of thiocarbonyl (C=S) groups is 1. The molecule has 2 nitrogen and oxygen atoms in total. The Morgan fingerprint density at radius 2 is 1.86 bits per heavy atom. The number of aromatic nitrogens is 1. The van der Waals surface area contributed by atoms with E-state index in [4.69, 9.17) is 18.0 Å². The molecule has 0 saturated heterocycles. The summed E-state index contributed by atoms with van der Waals surface area (Å²) in [5.41, 5.74) is 11.6. The Bertz CT molecular complexity index is 865. The van der Waals surface area contributed by atoms with E-state index in [1.165, 1.54) is 23.3 Å². The van der Waals surface area contributed by atoms with E-state index in [-0.39, 0.29) is 10.8 Å². The lowest BCUT2D eigenvalue weighted by Gasteiger charge is -2.06. The van der Waals surface area contributed by atoms with Gasteiger partial charge in [0.1, 0.15) is 10.8 Å². The van der Waals surface area contributed by atoms with Crippen molar-refractivity contribution < 1.29 is 4.39 Å². The molecule has 0 amide bonds. The number of rotatable bonds is 2. The smallest absolute Gasteiger partial charge is 0.123 e. The zero-order chi connectivity index (χ0) is 15.1. The summed E-state index contributed by atoms with van der Waals surface area (Å²) in [6.45, 7) is 4.12. The van der Waals surface area contributed by atoms with Gasteiger partial charge in [0.25, 0.3) is 0 Å². The molecule has 3 rings (SSSR count). The second-order valence-electron chi connectivity index (χ2n) is 5.23. The quantitative estimate of drug-likeness (QED) is 0.695. The van der Waals surface area contributed by atoms with Gasteiger partial charge in [-0.15, -0.1) is 0 Å². The SMILES string of the molecule is Cc1ccc(-c2[nH]c3ccc(F)cc3c2C(N)=S)cc1C. The predicted octanol–water partition coefficient (Wildman–Crippen LogP) is 4.23. The van der Waals surface area contributed by atoms with Gasteiger partial charge in [-0.05, 0) is 54.8 Å². The highest BCUT2D eigenvalue weighted by atomic mass is 32.1. The maximum absolute atomic E-state index is 13.5. The number of H-pyrrole nitrogens is 1. The van der Waals surface area contributed by atoms with Gasteiger partial charge in [0.2, 0.25) is 0 Å². The summed E-state index contributed by atoms with van der Waals surface area (Å²) in [6.07, 6.45) is 0. The van der Waals surface area contributed by atoms with Crippen molar-refractivity contribution in [1.82, 2.24) is 4.98 Å². The topological polar surface area (TPSA) is 41.8 Å². The summed E-state index contributed by atoms with van der Waals surface area (Å²) in [5.74, 6) is -0.300. The van der Waals surface area contributed by atoms with Gasteiger partial charge in [0.05, 0.1) is 5.69 Å². The fourth-order valence-electron chi connectivity index (χ4n) is 2.53. The average Bonchev–Trinajstić information content (AvgIpc) is 2.80.